The largest absolute Gasteiger partial charge is 0.397 e. The average molecular weight is 277 g/mol. The number of pyridine rings is 1. The van der Waals surface area contributed by atoms with Crippen molar-refractivity contribution >= 4 is 33.0 Å². The standard InChI is InChI=1S/C14H19N3OS/c1-3-9(4-2)7-17-14(18)13-12(15)10-5-6-16-8-11(10)19-13/h5-6,8-9H,3-4,7,15H2,1-2H3,(H,17,18). The van der Waals surface area contributed by atoms with Crippen LogP contribution in [0.4, 0.5) is 5.69 Å². The van der Waals surface area contributed by atoms with Crippen LogP contribution in [0.3, 0.4) is 0 Å². The van der Waals surface area contributed by atoms with Crippen LogP contribution in [0.5, 0.6) is 0 Å². The molecule has 0 unspecified atom stereocenters. The fourth-order valence-electron chi connectivity index (χ4n) is 2.03. The molecule has 0 saturated carbocycles. The van der Waals surface area contributed by atoms with Crippen molar-refractivity contribution in [1.29, 1.82) is 0 Å². The second-order valence-electron chi connectivity index (χ2n) is 4.61. The summed E-state index contributed by atoms with van der Waals surface area (Å²) < 4.78 is 0.952. The van der Waals surface area contributed by atoms with Crippen molar-refractivity contribution in [3.63, 3.8) is 0 Å². The molecule has 19 heavy (non-hydrogen) atoms. The van der Waals surface area contributed by atoms with Crippen molar-refractivity contribution in [1.82, 2.24) is 10.3 Å². The SMILES string of the molecule is CCC(CC)CNC(=O)c1sc2cnccc2c1N. The molecule has 0 aliphatic carbocycles. The second kappa shape index (κ2) is 6.02. The van der Waals surface area contributed by atoms with Gasteiger partial charge in [-0.3, -0.25) is 9.78 Å². The molecule has 0 radical (unpaired) electrons. The van der Waals surface area contributed by atoms with Gasteiger partial charge < -0.3 is 11.1 Å². The molecular weight excluding hydrogens is 258 g/mol. The van der Waals surface area contributed by atoms with Crippen molar-refractivity contribution in [3.05, 3.63) is 23.3 Å². The number of thiophene rings is 1. The minimum absolute atomic E-state index is 0.0781. The highest BCUT2D eigenvalue weighted by atomic mass is 32.1. The Labute approximate surface area is 117 Å². The maximum Gasteiger partial charge on any atom is 0.263 e. The van der Waals surface area contributed by atoms with Gasteiger partial charge in [0.1, 0.15) is 4.88 Å². The molecule has 3 N–H and O–H groups in total. The molecule has 0 aliphatic heterocycles. The third-order valence-electron chi connectivity index (χ3n) is 3.44. The van der Waals surface area contributed by atoms with Gasteiger partial charge in [0.15, 0.2) is 0 Å². The van der Waals surface area contributed by atoms with Gasteiger partial charge in [0, 0.05) is 24.3 Å². The quantitative estimate of drug-likeness (QED) is 0.882. The third kappa shape index (κ3) is 2.87. The van der Waals surface area contributed by atoms with E-state index in [9.17, 15) is 4.79 Å². The lowest BCUT2D eigenvalue weighted by Crippen LogP contribution is -2.28. The highest BCUT2D eigenvalue weighted by molar-refractivity contribution is 7.21. The van der Waals surface area contributed by atoms with Crippen molar-refractivity contribution in [2.24, 2.45) is 5.92 Å². The first-order valence-corrected chi connectivity index (χ1v) is 7.39. The summed E-state index contributed by atoms with van der Waals surface area (Å²) in [7, 11) is 0. The van der Waals surface area contributed by atoms with Gasteiger partial charge >= 0.3 is 0 Å². The van der Waals surface area contributed by atoms with E-state index in [2.05, 4.69) is 24.1 Å². The molecule has 0 spiro atoms. The van der Waals surface area contributed by atoms with Crippen LogP contribution in [0.25, 0.3) is 10.1 Å². The molecule has 2 rings (SSSR count). The number of hydrogen-bond acceptors (Lipinski definition) is 4. The number of hydrogen-bond donors (Lipinski definition) is 2. The van der Waals surface area contributed by atoms with Crippen LogP contribution in [0.15, 0.2) is 18.5 Å². The van der Waals surface area contributed by atoms with Crippen LogP contribution in [-0.2, 0) is 0 Å². The van der Waals surface area contributed by atoms with E-state index >= 15 is 0 Å². The number of carbonyl (C=O) groups is 1. The number of carbonyl (C=O) groups excluding carboxylic acids is 1. The summed E-state index contributed by atoms with van der Waals surface area (Å²) >= 11 is 1.40. The average Bonchev–Trinajstić information content (AvgIpc) is 2.78. The zero-order valence-electron chi connectivity index (χ0n) is 11.3. The van der Waals surface area contributed by atoms with Crippen molar-refractivity contribution in [2.75, 3.05) is 12.3 Å². The molecule has 2 heterocycles. The highest BCUT2D eigenvalue weighted by Crippen LogP contribution is 2.32. The molecule has 4 nitrogen and oxygen atoms in total. The maximum absolute atomic E-state index is 12.2. The predicted molar refractivity (Wildman–Crippen MR) is 80.4 cm³/mol. The fraction of sp³-hybridized carbons (Fsp3) is 0.429. The summed E-state index contributed by atoms with van der Waals surface area (Å²) in [5, 5.41) is 3.88. The van der Waals surface area contributed by atoms with Gasteiger partial charge in [-0.15, -0.1) is 11.3 Å². The summed E-state index contributed by atoms with van der Waals surface area (Å²) in [6, 6.07) is 1.85. The fourth-order valence-corrected chi connectivity index (χ4v) is 3.04. The second-order valence-corrected chi connectivity index (χ2v) is 5.66. The monoisotopic (exact) mass is 277 g/mol. The van der Waals surface area contributed by atoms with Crippen LogP contribution in [0.2, 0.25) is 0 Å². The van der Waals surface area contributed by atoms with E-state index in [1.807, 2.05) is 6.07 Å². The van der Waals surface area contributed by atoms with Crippen molar-refractivity contribution in [3.8, 4) is 0 Å². The van der Waals surface area contributed by atoms with E-state index in [1.54, 1.807) is 12.4 Å². The Kier molecular flexibility index (Phi) is 4.37. The molecule has 0 atom stereocenters. The first-order chi connectivity index (χ1) is 9.17. The Morgan fingerprint density at radius 1 is 1.47 bits per heavy atom. The normalized spacial score (nSPS) is 11.1. The minimum atomic E-state index is -0.0781. The molecular formula is C14H19N3OS. The van der Waals surface area contributed by atoms with E-state index in [-0.39, 0.29) is 5.91 Å². The van der Waals surface area contributed by atoms with Gasteiger partial charge in [0.2, 0.25) is 0 Å². The number of anilines is 1. The predicted octanol–water partition coefficient (Wildman–Crippen LogP) is 3.04. The molecule has 0 aliphatic rings. The molecule has 102 valence electrons. The van der Waals surface area contributed by atoms with E-state index in [0.717, 1.165) is 22.9 Å². The number of nitrogens with zero attached hydrogens (tertiary/aromatic N) is 1. The smallest absolute Gasteiger partial charge is 0.263 e. The van der Waals surface area contributed by atoms with Crippen LogP contribution in [-0.4, -0.2) is 17.4 Å². The van der Waals surface area contributed by atoms with Crippen LogP contribution >= 0.6 is 11.3 Å². The number of nitrogens with one attached hydrogen (secondary N) is 1. The topological polar surface area (TPSA) is 68.0 Å². The summed E-state index contributed by atoms with van der Waals surface area (Å²) in [4.78, 5) is 16.8. The molecule has 0 bridgehead atoms. The van der Waals surface area contributed by atoms with Crippen molar-refractivity contribution in [2.45, 2.75) is 26.7 Å². The lowest BCUT2D eigenvalue weighted by atomic mass is 10.0. The van der Waals surface area contributed by atoms with E-state index in [4.69, 9.17) is 5.73 Å². The van der Waals surface area contributed by atoms with Crippen LogP contribution in [0, 0.1) is 5.92 Å². The Hall–Kier alpha value is -1.62. The van der Waals surface area contributed by atoms with Gasteiger partial charge in [-0.05, 0) is 12.0 Å². The number of nitrogen functional groups attached to an aromatic ring is 1. The maximum atomic E-state index is 12.2. The summed E-state index contributed by atoms with van der Waals surface area (Å²) in [5.41, 5.74) is 6.59. The minimum Gasteiger partial charge on any atom is -0.397 e. The number of rotatable bonds is 5. The molecule has 0 fully saturated rings. The zero-order valence-corrected chi connectivity index (χ0v) is 12.1. The summed E-state index contributed by atoms with van der Waals surface area (Å²) in [5.74, 6) is 0.451. The Balaban J connectivity index is 2.15. The Morgan fingerprint density at radius 2 is 2.21 bits per heavy atom. The van der Waals surface area contributed by atoms with Gasteiger partial charge in [0.25, 0.3) is 5.91 Å². The zero-order chi connectivity index (χ0) is 13.8. The number of nitrogens with two attached hydrogens (primary N) is 1. The third-order valence-corrected chi connectivity index (χ3v) is 4.60. The number of fused-ring (bicyclic) bond motifs is 1. The van der Waals surface area contributed by atoms with E-state index < -0.39 is 0 Å². The lowest BCUT2D eigenvalue weighted by Gasteiger charge is -2.12. The molecule has 0 saturated heterocycles. The Bertz CT molecular complexity index is 575. The molecule has 2 aromatic rings. The summed E-state index contributed by atoms with van der Waals surface area (Å²) in [6.45, 7) is 4.98. The van der Waals surface area contributed by atoms with Gasteiger partial charge in [-0.2, -0.15) is 0 Å². The van der Waals surface area contributed by atoms with Gasteiger partial charge in [0.05, 0.1) is 10.4 Å². The first-order valence-electron chi connectivity index (χ1n) is 6.57. The first kappa shape index (κ1) is 13.8. The van der Waals surface area contributed by atoms with Crippen LogP contribution in [0.1, 0.15) is 36.4 Å². The number of amides is 1. The highest BCUT2D eigenvalue weighted by Gasteiger charge is 2.16. The molecule has 0 aromatic carbocycles. The number of aromatic nitrogens is 1. The summed E-state index contributed by atoms with van der Waals surface area (Å²) in [6.07, 6.45) is 5.58. The molecule has 2 aromatic heterocycles. The van der Waals surface area contributed by atoms with Gasteiger partial charge in [-0.25, -0.2) is 0 Å². The van der Waals surface area contributed by atoms with E-state index in [1.165, 1.54) is 11.3 Å². The van der Waals surface area contributed by atoms with E-state index in [0.29, 0.717) is 23.0 Å². The lowest BCUT2D eigenvalue weighted by molar-refractivity contribution is 0.0951. The molecule has 1 amide bonds. The molecule has 5 heteroatoms. The van der Waals surface area contributed by atoms with Gasteiger partial charge in [-0.1, -0.05) is 26.7 Å². The van der Waals surface area contributed by atoms with Crippen LogP contribution < -0.4 is 11.1 Å². The Morgan fingerprint density at radius 3 is 2.84 bits per heavy atom. The van der Waals surface area contributed by atoms with Crippen molar-refractivity contribution < 1.29 is 4.79 Å².